The zero-order valence-electron chi connectivity index (χ0n) is 9.81. The molecular formula is C14H14BrNO. The van der Waals surface area contributed by atoms with Crippen molar-refractivity contribution in [3.63, 3.8) is 0 Å². The zero-order valence-corrected chi connectivity index (χ0v) is 11.4. The van der Waals surface area contributed by atoms with Gasteiger partial charge in [-0.2, -0.15) is 0 Å². The molecule has 1 N–H and O–H groups in total. The molecule has 3 heteroatoms. The van der Waals surface area contributed by atoms with Crippen molar-refractivity contribution >= 4 is 15.9 Å². The maximum atomic E-state index is 10.2. The Kier molecular flexibility index (Phi) is 3.60. The van der Waals surface area contributed by atoms with E-state index < -0.39 is 6.10 Å². The second-order valence-corrected chi connectivity index (χ2v) is 5.06. The van der Waals surface area contributed by atoms with Crippen LogP contribution in [0, 0.1) is 13.8 Å². The van der Waals surface area contributed by atoms with Gasteiger partial charge < -0.3 is 5.11 Å². The van der Waals surface area contributed by atoms with Crippen LogP contribution in [0.3, 0.4) is 0 Å². The minimum Gasteiger partial charge on any atom is -0.382 e. The second-order valence-electron chi connectivity index (χ2n) is 4.15. The lowest BCUT2D eigenvalue weighted by molar-refractivity contribution is 0.215. The molecule has 0 amide bonds. The van der Waals surface area contributed by atoms with Crippen molar-refractivity contribution in [3.8, 4) is 0 Å². The molecule has 0 aliphatic rings. The van der Waals surface area contributed by atoms with Crippen LogP contribution in [0.25, 0.3) is 0 Å². The lowest BCUT2D eigenvalue weighted by atomic mass is 10.0. The number of hydrogen-bond acceptors (Lipinski definition) is 2. The van der Waals surface area contributed by atoms with Gasteiger partial charge in [-0.3, -0.25) is 4.98 Å². The molecule has 0 saturated carbocycles. The van der Waals surface area contributed by atoms with E-state index >= 15 is 0 Å². The molecule has 1 atom stereocenters. The maximum Gasteiger partial charge on any atom is 0.121 e. The average Bonchev–Trinajstić information content (AvgIpc) is 2.33. The SMILES string of the molecule is Cc1ccc(C(O)c2ccc(Br)cn2)cc1C. The van der Waals surface area contributed by atoms with E-state index in [1.807, 2.05) is 37.3 Å². The Morgan fingerprint density at radius 2 is 1.88 bits per heavy atom. The number of aliphatic hydroxyl groups is 1. The normalized spacial score (nSPS) is 12.5. The van der Waals surface area contributed by atoms with Crippen molar-refractivity contribution in [1.29, 1.82) is 0 Å². The molecule has 0 radical (unpaired) electrons. The summed E-state index contributed by atoms with van der Waals surface area (Å²) < 4.78 is 0.911. The van der Waals surface area contributed by atoms with Crippen LogP contribution in [0.1, 0.15) is 28.5 Å². The van der Waals surface area contributed by atoms with Gasteiger partial charge in [-0.1, -0.05) is 18.2 Å². The number of aromatic nitrogens is 1. The summed E-state index contributed by atoms with van der Waals surface area (Å²) in [7, 11) is 0. The summed E-state index contributed by atoms with van der Waals surface area (Å²) in [5.41, 5.74) is 3.95. The molecule has 0 aliphatic carbocycles. The van der Waals surface area contributed by atoms with E-state index in [4.69, 9.17) is 0 Å². The first-order chi connectivity index (χ1) is 8.08. The molecule has 2 nitrogen and oxygen atoms in total. The van der Waals surface area contributed by atoms with Crippen molar-refractivity contribution < 1.29 is 5.11 Å². The van der Waals surface area contributed by atoms with Crippen LogP contribution in [0.2, 0.25) is 0 Å². The summed E-state index contributed by atoms with van der Waals surface area (Å²) in [6, 6.07) is 9.67. The zero-order chi connectivity index (χ0) is 12.4. The molecule has 17 heavy (non-hydrogen) atoms. The number of aliphatic hydroxyl groups excluding tert-OH is 1. The van der Waals surface area contributed by atoms with Crippen LogP contribution >= 0.6 is 15.9 Å². The standard InChI is InChI=1S/C14H14BrNO/c1-9-3-4-11(7-10(9)2)14(17)13-6-5-12(15)8-16-13/h3-8,14,17H,1-2H3. The van der Waals surface area contributed by atoms with Crippen molar-refractivity contribution in [2.75, 3.05) is 0 Å². The first-order valence-corrected chi connectivity index (χ1v) is 6.24. The Hall–Kier alpha value is -1.19. The van der Waals surface area contributed by atoms with Gasteiger partial charge in [-0.25, -0.2) is 0 Å². The summed E-state index contributed by atoms with van der Waals surface area (Å²) in [5.74, 6) is 0. The predicted octanol–water partition coefficient (Wildman–Crippen LogP) is 3.54. The number of halogens is 1. The third-order valence-corrected chi connectivity index (χ3v) is 3.35. The molecule has 1 heterocycles. The van der Waals surface area contributed by atoms with Gasteiger partial charge in [-0.15, -0.1) is 0 Å². The lowest BCUT2D eigenvalue weighted by Gasteiger charge is -2.12. The minimum atomic E-state index is -0.664. The van der Waals surface area contributed by atoms with Crippen LogP contribution in [0.15, 0.2) is 41.0 Å². The van der Waals surface area contributed by atoms with Gasteiger partial charge in [0.1, 0.15) is 6.10 Å². The largest absolute Gasteiger partial charge is 0.382 e. The van der Waals surface area contributed by atoms with E-state index in [-0.39, 0.29) is 0 Å². The van der Waals surface area contributed by atoms with Gasteiger partial charge in [0, 0.05) is 10.7 Å². The van der Waals surface area contributed by atoms with E-state index in [1.165, 1.54) is 11.1 Å². The first kappa shape index (κ1) is 12.3. The summed E-state index contributed by atoms with van der Waals surface area (Å²) in [5, 5.41) is 10.2. The highest BCUT2D eigenvalue weighted by molar-refractivity contribution is 9.10. The van der Waals surface area contributed by atoms with Crippen molar-refractivity contribution in [3.05, 3.63) is 63.4 Å². The van der Waals surface area contributed by atoms with Crippen LogP contribution in [0.4, 0.5) is 0 Å². The maximum absolute atomic E-state index is 10.2. The van der Waals surface area contributed by atoms with Crippen LogP contribution in [-0.4, -0.2) is 10.1 Å². The third-order valence-electron chi connectivity index (χ3n) is 2.88. The molecular weight excluding hydrogens is 278 g/mol. The summed E-state index contributed by atoms with van der Waals surface area (Å²) in [6.07, 6.45) is 1.03. The topological polar surface area (TPSA) is 33.1 Å². The van der Waals surface area contributed by atoms with E-state index in [1.54, 1.807) is 6.20 Å². The highest BCUT2D eigenvalue weighted by atomic mass is 79.9. The average molecular weight is 292 g/mol. The predicted molar refractivity (Wildman–Crippen MR) is 71.9 cm³/mol. The highest BCUT2D eigenvalue weighted by Gasteiger charge is 2.12. The van der Waals surface area contributed by atoms with Gasteiger partial charge in [-0.05, 0) is 58.6 Å². The van der Waals surface area contributed by atoms with Gasteiger partial charge in [0.2, 0.25) is 0 Å². The smallest absolute Gasteiger partial charge is 0.121 e. The minimum absolute atomic E-state index is 0.663. The Bertz CT molecular complexity index is 522. The first-order valence-electron chi connectivity index (χ1n) is 5.44. The quantitative estimate of drug-likeness (QED) is 0.918. The summed E-state index contributed by atoms with van der Waals surface area (Å²) in [4.78, 5) is 4.21. The van der Waals surface area contributed by atoms with Crippen molar-refractivity contribution in [2.24, 2.45) is 0 Å². The van der Waals surface area contributed by atoms with Crippen LogP contribution in [-0.2, 0) is 0 Å². The molecule has 1 aromatic heterocycles. The molecule has 88 valence electrons. The third kappa shape index (κ3) is 2.73. The van der Waals surface area contributed by atoms with E-state index in [0.29, 0.717) is 5.69 Å². The molecule has 1 unspecified atom stereocenters. The van der Waals surface area contributed by atoms with E-state index in [2.05, 4.69) is 27.8 Å². The Labute approximate surface area is 109 Å². The van der Waals surface area contributed by atoms with Gasteiger partial charge >= 0.3 is 0 Å². The summed E-state index contributed by atoms with van der Waals surface area (Å²) >= 11 is 3.33. The monoisotopic (exact) mass is 291 g/mol. The Balaban J connectivity index is 2.33. The van der Waals surface area contributed by atoms with E-state index in [0.717, 1.165) is 10.0 Å². The number of nitrogens with zero attached hydrogens (tertiary/aromatic N) is 1. The molecule has 0 aliphatic heterocycles. The van der Waals surface area contributed by atoms with Gasteiger partial charge in [0.05, 0.1) is 5.69 Å². The molecule has 2 rings (SSSR count). The van der Waals surface area contributed by atoms with Crippen molar-refractivity contribution in [1.82, 2.24) is 4.98 Å². The number of benzene rings is 1. The molecule has 0 fully saturated rings. The van der Waals surface area contributed by atoms with E-state index in [9.17, 15) is 5.11 Å². The Morgan fingerprint density at radius 1 is 1.12 bits per heavy atom. The fourth-order valence-corrected chi connectivity index (χ4v) is 1.89. The summed E-state index contributed by atoms with van der Waals surface area (Å²) in [6.45, 7) is 4.10. The number of aryl methyl sites for hydroxylation is 2. The number of rotatable bonds is 2. The van der Waals surface area contributed by atoms with Gasteiger partial charge in [0.25, 0.3) is 0 Å². The molecule has 0 saturated heterocycles. The molecule has 0 spiro atoms. The molecule has 2 aromatic rings. The lowest BCUT2D eigenvalue weighted by Crippen LogP contribution is -2.02. The van der Waals surface area contributed by atoms with Crippen LogP contribution < -0.4 is 0 Å². The molecule has 1 aromatic carbocycles. The van der Waals surface area contributed by atoms with Gasteiger partial charge in [0.15, 0.2) is 0 Å². The Morgan fingerprint density at radius 3 is 2.47 bits per heavy atom. The number of pyridine rings is 1. The van der Waals surface area contributed by atoms with Crippen molar-refractivity contribution in [2.45, 2.75) is 20.0 Å². The molecule has 0 bridgehead atoms. The number of hydrogen-bond donors (Lipinski definition) is 1. The fourth-order valence-electron chi connectivity index (χ4n) is 1.65. The second kappa shape index (κ2) is 4.98. The fraction of sp³-hybridized carbons (Fsp3) is 0.214. The highest BCUT2D eigenvalue weighted by Crippen LogP contribution is 2.23. The van der Waals surface area contributed by atoms with Crippen LogP contribution in [0.5, 0.6) is 0 Å².